The van der Waals surface area contributed by atoms with Gasteiger partial charge < -0.3 is 31.9 Å². The maximum absolute atomic E-state index is 13.5. The second-order valence-electron chi connectivity index (χ2n) is 11.5. The van der Waals surface area contributed by atoms with Crippen molar-refractivity contribution in [1.29, 1.82) is 0 Å². The Bertz CT molecular complexity index is 1040. The van der Waals surface area contributed by atoms with Gasteiger partial charge in [-0.05, 0) is 57.6 Å². The molecule has 0 aliphatic rings. The van der Waals surface area contributed by atoms with Crippen LogP contribution in [0.25, 0.3) is 0 Å². The van der Waals surface area contributed by atoms with Gasteiger partial charge in [-0.1, -0.05) is 47.5 Å². The molecule has 5 amide bonds. The van der Waals surface area contributed by atoms with Crippen LogP contribution in [-0.2, 0) is 19.2 Å². The zero-order valence-corrected chi connectivity index (χ0v) is 27.1. The van der Waals surface area contributed by atoms with E-state index in [-0.39, 0.29) is 41.5 Å². The lowest BCUT2D eigenvalue weighted by molar-refractivity contribution is -0.131. The van der Waals surface area contributed by atoms with Gasteiger partial charge in [0, 0.05) is 37.1 Å². The normalized spacial score (nSPS) is 15.3. The van der Waals surface area contributed by atoms with Gasteiger partial charge in [0.15, 0.2) is 0 Å². The van der Waals surface area contributed by atoms with E-state index in [1.807, 2.05) is 41.5 Å². The number of likely N-dealkylation sites (N-methyl/N-ethyl adjacent to an activating group) is 1. The lowest BCUT2D eigenvalue weighted by Gasteiger charge is -2.28. The van der Waals surface area contributed by atoms with E-state index in [1.165, 1.54) is 12.4 Å². The fourth-order valence-corrected chi connectivity index (χ4v) is 4.46. The number of pyridine rings is 1. The quantitative estimate of drug-likeness (QED) is 0.140. The van der Waals surface area contributed by atoms with Crippen LogP contribution in [0.3, 0.4) is 0 Å². The molecule has 1 aromatic heterocycles. The summed E-state index contributed by atoms with van der Waals surface area (Å²) in [5.41, 5.74) is 0.393. The maximum atomic E-state index is 13.5. The minimum atomic E-state index is -0.827. The third kappa shape index (κ3) is 13.5. The number of aromatic nitrogens is 1. The van der Waals surface area contributed by atoms with Crippen molar-refractivity contribution in [2.75, 3.05) is 13.1 Å². The monoisotopic (exact) mass is 603 g/mol. The number of carbonyl (C=O) groups excluding carboxylic acids is 5. The van der Waals surface area contributed by atoms with Gasteiger partial charge in [-0.15, -0.1) is 0 Å². The van der Waals surface area contributed by atoms with Gasteiger partial charge in [-0.25, -0.2) is 0 Å². The van der Waals surface area contributed by atoms with Crippen LogP contribution in [0, 0.1) is 11.8 Å². The molecule has 0 aliphatic carbocycles. The maximum Gasteiger partial charge on any atom is 0.252 e. The summed E-state index contributed by atoms with van der Waals surface area (Å²) in [7, 11) is 0. The molecule has 0 saturated carbocycles. The first-order valence-corrected chi connectivity index (χ1v) is 15.5. The summed E-state index contributed by atoms with van der Waals surface area (Å²) in [5.74, 6) is -1.63. The van der Waals surface area contributed by atoms with Crippen LogP contribution >= 0.6 is 0 Å². The zero-order valence-electron chi connectivity index (χ0n) is 27.1. The highest BCUT2D eigenvalue weighted by Gasteiger charge is 2.31. The van der Waals surface area contributed by atoms with Crippen LogP contribution in [0.1, 0.15) is 91.4 Å². The molecule has 0 unspecified atom stereocenters. The Kier molecular flexibility index (Phi) is 17.1. The molecule has 0 saturated heterocycles. The van der Waals surface area contributed by atoms with Crippen molar-refractivity contribution < 1.29 is 24.0 Å². The predicted molar refractivity (Wildman–Crippen MR) is 167 cm³/mol. The molecule has 0 aliphatic heterocycles. The third-order valence-corrected chi connectivity index (χ3v) is 7.20. The van der Waals surface area contributed by atoms with Crippen molar-refractivity contribution in [2.45, 2.75) is 111 Å². The van der Waals surface area contributed by atoms with Gasteiger partial charge in [0.1, 0.15) is 18.1 Å². The van der Waals surface area contributed by atoms with Crippen molar-refractivity contribution in [3.63, 3.8) is 0 Å². The molecule has 43 heavy (non-hydrogen) atoms. The first-order chi connectivity index (χ1) is 20.3. The summed E-state index contributed by atoms with van der Waals surface area (Å²) < 4.78 is 0. The van der Waals surface area contributed by atoms with E-state index >= 15 is 0 Å². The second-order valence-corrected chi connectivity index (χ2v) is 11.5. The first-order valence-electron chi connectivity index (χ1n) is 15.5. The minimum Gasteiger partial charge on any atom is -0.355 e. The minimum absolute atomic E-state index is 0.169. The fraction of sp³-hybridized carbons (Fsp3) is 0.677. The average Bonchev–Trinajstić information content (AvgIpc) is 2.97. The van der Waals surface area contributed by atoms with E-state index in [1.54, 1.807) is 26.0 Å². The van der Waals surface area contributed by atoms with Crippen LogP contribution < -0.4 is 31.9 Å². The smallest absolute Gasteiger partial charge is 0.252 e. The lowest BCUT2D eigenvalue weighted by Crippen LogP contribution is -2.58. The van der Waals surface area contributed by atoms with Crippen molar-refractivity contribution >= 4 is 29.5 Å². The first kappa shape index (κ1) is 37.5. The summed E-state index contributed by atoms with van der Waals surface area (Å²) in [4.78, 5) is 68.2. The molecule has 0 fully saturated rings. The Hall–Kier alpha value is -3.54. The predicted octanol–water partition coefficient (Wildman–Crippen LogP) is 1.66. The van der Waals surface area contributed by atoms with Crippen LogP contribution in [0.5, 0.6) is 0 Å². The number of nitrogens with zero attached hydrogens (tertiary/aromatic N) is 1. The van der Waals surface area contributed by atoms with Crippen molar-refractivity contribution in [3.05, 3.63) is 30.1 Å². The lowest BCUT2D eigenvalue weighted by atomic mass is 9.97. The molecule has 12 heteroatoms. The molecule has 0 spiro atoms. The summed E-state index contributed by atoms with van der Waals surface area (Å²) in [6.45, 7) is 15.7. The van der Waals surface area contributed by atoms with Crippen LogP contribution in [0.15, 0.2) is 24.5 Å². The number of rotatable bonds is 19. The number of hydrogen-bond donors (Lipinski definition) is 6. The molecular formula is C31H53N7O5. The summed E-state index contributed by atoms with van der Waals surface area (Å²) >= 11 is 0. The Morgan fingerprint density at radius 3 is 1.98 bits per heavy atom. The van der Waals surface area contributed by atoms with Crippen LogP contribution in [-0.4, -0.2) is 77.8 Å². The van der Waals surface area contributed by atoms with Gasteiger partial charge in [0.25, 0.3) is 5.91 Å². The van der Waals surface area contributed by atoms with E-state index in [0.29, 0.717) is 44.3 Å². The molecule has 1 heterocycles. The van der Waals surface area contributed by atoms with Gasteiger partial charge in [0.05, 0.1) is 6.04 Å². The highest BCUT2D eigenvalue weighted by Crippen LogP contribution is 2.12. The van der Waals surface area contributed by atoms with Gasteiger partial charge in [0.2, 0.25) is 23.6 Å². The van der Waals surface area contributed by atoms with Crippen molar-refractivity contribution in [2.24, 2.45) is 11.8 Å². The highest BCUT2D eigenvalue weighted by atomic mass is 16.2. The molecule has 6 atom stereocenters. The summed E-state index contributed by atoms with van der Waals surface area (Å²) in [5, 5.41) is 17.3. The largest absolute Gasteiger partial charge is 0.355 e. The van der Waals surface area contributed by atoms with Crippen LogP contribution in [0.2, 0.25) is 0 Å². The Labute approximate surface area is 256 Å². The third-order valence-electron chi connectivity index (χ3n) is 7.20. The van der Waals surface area contributed by atoms with Crippen LogP contribution in [0.4, 0.5) is 0 Å². The molecule has 0 bridgehead atoms. The second kappa shape index (κ2) is 19.6. The molecule has 0 radical (unpaired) electrons. The number of nitrogens with one attached hydrogen (secondary N) is 6. The van der Waals surface area contributed by atoms with E-state index in [0.717, 1.165) is 0 Å². The molecule has 1 rings (SSSR count). The summed E-state index contributed by atoms with van der Waals surface area (Å²) in [6, 6.07) is -0.0552. The van der Waals surface area contributed by atoms with E-state index in [2.05, 4.69) is 36.9 Å². The Balaban J connectivity index is 2.91. The van der Waals surface area contributed by atoms with Gasteiger partial charge in [-0.2, -0.15) is 0 Å². The average molecular weight is 604 g/mol. The Morgan fingerprint density at radius 1 is 0.767 bits per heavy atom. The Morgan fingerprint density at radius 2 is 1.42 bits per heavy atom. The number of amides is 5. The zero-order chi connectivity index (χ0) is 32.5. The molecule has 1 aromatic rings. The van der Waals surface area contributed by atoms with Crippen molar-refractivity contribution in [3.8, 4) is 0 Å². The number of hydrogen-bond acceptors (Lipinski definition) is 7. The molecular weight excluding hydrogens is 550 g/mol. The van der Waals surface area contributed by atoms with Gasteiger partial charge in [-0.3, -0.25) is 29.0 Å². The summed E-state index contributed by atoms with van der Waals surface area (Å²) in [6.07, 6.45) is 5.39. The highest BCUT2D eigenvalue weighted by molar-refractivity contribution is 5.98. The number of carbonyl (C=O) groups is 5. The van der Waals surface area contributed by atoms with E-state index in [9.17, 15) is 24.0 Å². The van der Waals surface area contributed by atoms with Gasteiger partial charge >= 0.3 is 0 Å². The molecule has 242 valence electrons. The van der Waals surface area contributed by atoms with Crippen molar-refractivity contribution in [1.82, 2.24) is 36.9 Å². The topological polar surface area (TPSA) is 170 Å². The fourth-order valence-electron chi connectivity index (χ4n) is 4.46. The SMILES string of the molecule is CCC[C@H](NC(=O)[C@@H](NC(=O)c1ccncc1)[C@@H](C)CC)C(=O)N[C@H](CN[C@@H](C)C(=O)N[C@@H](C)C(=O)NCC)CC(C)C. The molecule has 0 aromatic carbocycles. The molecule has 12 nitrogen and oxygen atoms in total. The van der Waals surface area contributed by atoms with E-state index < -0.39 is 30.1 Å². The molecule has 6 N–H and O–H groups in total. The van der Waals surface area contributed by atoms with E-state index in [4.69, 9.17) is 0 Å². The standard InChI is InChI=1S/C31H53N7O5/c1-9-12-25(37-31(43)26(20(6)10-2)38-29(41)23-13-15-32-16-14-23)30(42)36-24(17-19(4)5)18-34-21(7)28(40)35-22(8)27(39)33-11-3/h13-16,19-22,24-26,34H,9-12,17-18H2,1-8H3,(H,33,39)(H,35,40)(H,36,42)(H,37,43)(H,38,41)/t20-,21-,22-,24-,25-,26-/m0/s1.